The predicted octanol–water partition coefficient (Wildman–Crippen LogP) is 2.24. The summed E-state index contributed by atoms with van der Waals surface area (Å²) >= 11 is 1.21. The van der Waals surface area contributed by atoms with Crippen LogP contribution >= 0.6 is 11.3 Å². The van der Waals surface area contributed by atoms with Gasteiger partial charge in [0.25, 0.3) is 0 Å². The van der Waals surface area contributed by atoms with Crippen LogP contribution in [0.3, 0.4) is 0 Å². The number of benzene rings is 1. The molecular weight excluding hydrogens is 279 g/mol. The molecule has 0 atom stereocenters. The van der Waals surface area contributed by atoms with Crippen LogP contribution in [0.4, 0.5) is 20.0 Å². The lowest BCUT2D eigenvalue weighted by molar-refractivity contribution is 0.262. The molecule has 102 valence electrons. The van der Waals surface area contributed by atoms with E-state index in [9.17, 15) is 9.18 Å². The second kappa shape index (κ2) is 6.65. The molecule has 0 saturated heterocycles. The predicted molar refractivity (Wildman–Crippen MR) is 77.1 cm³/mol. The van der Waals surface area contributed by atoms with Crippen molar-refractivity contribution in [2.24, 2.45) is 5.73 Å². The fourth-order valence-corrected chi connectivity index (χ4v) is 2.03. The molecule has 0 fully saturated rings. The maximum Gasteiger partial charge on any atom is 0.325 e. The van der Waals surface area contributed by atoms with Crippen LogP contribution < -0.4 is 16.4 Å². The zero-order chi connectivity index (χ0) is 14.4. The van der Waals surface area contributed by atoms with Crippen LogP contribution in [0.15, 0.2) is 30.5 Å². The van der Waals surface area contributed by atoms with E-state index in [1.165, 1.54) is 29.7 Å². The van der Waals surface area contributed by atoms with E-state index in [1.807, 2.05) is 0 Å². The fourth-order valence-electron chi connectivity index (χ4n) is 1.34. The number of halogens is 1. The van der Waals surface area contributed by atoms with Gasteiger partial charge in [-0.1, -0.05) is 35.3 Å². The van der Waals surface area contributed by atoms with Gasteiger partial charge in [-0.3, -0.25) is 5.32 Å². The smallest absolute Gasteiger partial charge is 0.320 e. The number of urea groups is 1. The van der Waals surface area contributed by atoms with Crippen molar-refractivity contribution in [2.45, 2.75) is 0 Å². The number of aromatic nitrogens is 1. The molecule has 2 amide bonds. The molecule has 7 heteroatoms. The van der Waals surface area contributed by atoms with Gasteiger partial charge < -0.3 is 11.1 Å². The molecule has 2 rings (SSSR count). The second-order valence-electron chi connectivity index (χ2n) is 3.59. The highest BCUT2D eigenvalue weighted by atomic mass is 32.1. The Morgan fingerprint density at radius 1 is 1.40 bits per heavy atom. The summed E-state index contributed by atoms with van der Waals surface area (Å²) in [6.45, 7) is 0.258. The molecule has 2 aromatic rings. The number of nitrogens with zero attached hydrogens (tertiary/aromatic N) is 1. The maximum absolute atomic E-state index is 13.3. The number of rotatable bonds is 2. The topological polar surface area (TPSA) is 80.0 Å². The molecule has 20 heavy (non-hydrogen) atoms. The lowest BCUT2D eigenvalue weighted by Gasteiger charge is -2.05. The molecule has 1 aromatic carbocycles. The van der Waals surface area contributed by atoms with Crippen molar-refractivity contribution in [3.63, 3.8) is 0 Å². The summed E-state index contributed by atoms with van der Waals surface area (Å²) in [4.78, 5) is 16.4. The van der Waals surface area contributed by atoms with Crippen LogP contribution in [0.5, 0.6) is 0 Å². The van der Waals surface area contributed by atoms with Crippen molar-refractivity contribution >= 4 is 28.2 Å². The minimum Gasteiger partial charge on any atom is -0.320 e. The van der Waals surface area contributed by atoms with Gasteiger partial charge in [-0.2, -0.15) is 0 Å². The average Bonchev–Trinajstić information content (AvgIpc) is 2.86. The number of thiazole rings is 1. The van der Waals surface area contributed by atoms with E-state index in [1.54, 1.807) is 12.1 Å². The number of para-hydroxylation sites is 1. The maximum atomic E-state index is 13.3. The fraction of sp³-hybridized carbons (Fsp3) is 0.0769. The normalized spacial score (nSPS) is 9.50. The zero-order valence-electron chi connectivity index (χ0n) is 10.3. The minimum absolute atomic E-state index is 0.102. The number of carbonyl (C=O) groups excluding carboxylic acids is 1. The number of carbonyl (C=O) groups is 1. The first kappa shape index (κ1) is 14.0. The molecule has 0 saturated carbocycles. The van der Waals surface area contributed by atoms with Gasteiger partial charge >= 0.3 is 6.03 Å². The van der Waals surface area contributed by atoms with Gasteiger partial charge in [0.05, 0.1) is 23.3 Å². The lowest BCUT2D eigenvalue weighted by atomic mass is 10.3. The van der Waals surface area contributed by atoms with Crippen molar-refractivity contribution in [3.8, 4) is 11.8 Å². The Balaban J connectivity index is 1.98. The van der Waals surface area contributed by atoms with Crippen LogP contribution in [0, 0.1) is 17.7 Å². The number of hydrogen-bond donors (Lipinski definition) is 3. The van der Waals surface area contributed by atoms with Gasteiger partial charge in [-0.15, -0.1) is 0 Å². The molecule has 0 bridgehead atoms. The van der Waals surface area contributed by atoms with E-state index < -0.39 is 11.8 Å². The SMILES string of the molecule is NCC#Cc1cnc(NC(=O)Nc2ccccc2F)s1. The Labute approximate surface area is 119 Å². The molecule has 0 aliphatic rings. The highest BCUT2D eigenvalue weighted by molar-refractivity contribution is 7.16. The molecular formula is C13H11FN4OS. The van der Waals surface area contributed by atoms with Gasteiger partial charge in [0, 0.05) is 0 Å². The zero-order valence-corrected chi connectivity index (χ0v) is 11.1. The average molecular weight is 290 g/mol. The van der Waals surface area contributed by atoms with E-state index in [2.05, 4.69) is 27.5 Å². The lowest BCUT2D eigenvalue weighted by Crippen LogP contribution is -2.19. The third-order valence-corrected chi connectivity index (χ3v) is 2.99. The van der Waals surface area contributed by atoms with Gasteiger partial charge in [0.15, 0.2) is 5.13 Å². The molecule has 1 aromatic heterocycles. The minimum atomic E-state index is -0.567. The Kier molecular flexibility index (Phi) is 4.65. The number of amides is 2. The molecule has 0 spiro atoms. The van der Waals surface area contributed by atoms with Crippen LogP contribution in [0.1, 0.15) is 4.88 Å². The summed E-state index contributed by atoms with van der Waals surface area (Å²) in [6.07, 6.45) is 1.53. The number of nitrogens with one attached hydrogen (secondary N) is 2. The van der Waals surface area contributed by atoms with Gasteiger partial charge in [-0.25, -0.2) is 14.2 Å². The standard InChI is InChI=1S/C13H11FN4OS/c14-10-5-1-2-6-11(10)17-12(19)18-13-16-8-9(20-13)4-3-7-15/h1-2,5-6,8H,7,15H2,(H2,16,17,18,19). The molecule has 4 N–H and O–H groups in total. The van der Waals surface area contributed by atoms with Crippen LogP contribution in [0.2, 0.25) is 0 Å². The van der Waals surface area contributed by atoms with Gasteiger partial charge in [0.2, 0.25) is 0 Å². The Hall–Kier alpha value is -2.43. The first-order valence-corrected chi connectivity index (χ1v) is 6.48. The van der Waals surface area contributed by atoms with E-state index in [4.69, 9.17) is 5.73 Å². The molecule has 0 aliphatic heterocycles. The summed E-state index contributed by atoms with van der Waals surface area (Å²) in [5, 5.41) is 5.28. The van der Waals surface area contributed by atoms with Crippen molar-refractivity contribution < 1.29 is 9.18 Å². The summed E-state index contributed by atoms with van der Waals surface area (Å²) in [7, 11) is 0. The summed E-state index contributed by atoms with van der Waals surface area (Å²) in [6, 6.07) is 5.33. The number of anilines is 2. The van der Waals surface area contributed by atoms with Gasteiger partial charge in [-0.05, 0) is 12.1 Å². The Bertz CT molecular complexity index is 674. The summed E-state index contributed by atoms with van der Waals surface area (Å²) in [5.74, 6) is 4.99. The summed E-state index contributed by atoms with van der Waals surface area (Å²) < 4.78 is 13.3. The van der Waals surface area contributed by atoms with Crippen molar-refractivity contribution in [2.75, 3.05) is 17.2 Å². The molecule has 0 radical (unpaired) electrons. The van der Waals surface area contributed by atoms with Crippen LogP contribution in [-0.2, 0) is 0 Å². The van der Waals surface area contributed by atoms with Crippen molar-refractivity contribution in [3.05, 3.63) is 41.2 Å². The molecule has 1 heterocycles. The number of nitrogens with two attached hydrogens (primary N) is 1. The van der Waals surface area contributed by atoms with Crippen LogP contribution in [-0.4, -0.2) is 17.6 Å². The highest BCUT2D eigenvalue weighted by Gasteiger charge is 2.08. The molecule has 0 aliphatic carbocycles. The third kappa shape index (κ3) is 3.78. The third-order valence-electron chi connectivity index (χ3n) is 2.16. The molecule has 0 unspecified atom stereocenters. The Morgan fingerprint density at radius 2 is 2.20 bits per heavy atom. The van der Waals surface area contributed by atoms with E-state index in [0.29, 0.717) is 10.0 Å². The number of hydrogen-bond acceptors (Lipinski definition) is 4. The quantitative estimate of drug-likeness (QED) is 0.742. The first-order chi connectivity index (χ1) is 9.69. The van der Waals surface area contributed by atoms with Gasteiger partial charge in [0.1, 0.15) is 5.82 Å². The van der Waals surface area contributed by atoms with E-state index in [-0.39, 0.29) is 12.2 Å². The Morgan fingerprint density at radius 3 is 2.95 bits per heavy atom. The molecule has 5 nitrogen and oxygen atoms in total. The van der Waals surface area contributed by atoms with Crippen molar-refractivity contribution in [1.29, 1.82) is 0 Å². The summed E-state index contributed by atoms with van der Waals surface area (Å²) in [5.41, 5.74) is 5.36. The van der Waals surface area contributed by atoms with E-state index in [0.717, 1.165) is 0 Å². The first-order valence-electron chi connectivity index (χ1n) is 5.66. The highest BCUT2D eigenvalue weighted by Crippen LogP contribution is 2.18. The monoisotopic (exact) mass is 290 g/mol. The van der Waals surface area contributed by atoms with Crippen LogP contribution in [0.25, 0.3) is 0 Å². The van der Waals surface area contributed by atoms with E-state index >= 15 is 0 Å². The van der Waals surface area contributed by atoms with Crippen molar-refractivity contribution in [1.82, 2.24) is 4.98 Å². The largest absolute Gasteiger partial charge is 0.325 e. The second-order valence-corrected chi connectivity index (χ2v) is 4.63.